The zero-order valence-electron chi connectivity index (χ0n) is 14.1. The Hall–Kier alpha value is -0.856. The van der Waals surface area contributed by atoms with Crippen molar-refractivity contribution in [1.82, 2.24) is 4.23 Å². The number of hydrogen-bond donors (Lipinski definition) is 0. The summed E-state index contributed by atoms with van der Waals surface area (Å²) in [7, 11) is -6.55. The Bertz CT molecular complexity index is 595. The van der Waals surface area contributed by atoms with Crippen LogP contribution in [-0.2, 0) is 9.84 Å². The van der Waals surface area contributed by atoms with Crippen LogP contribution < -0.4 is 0 Å². The second kappa shape index (κ2) is 6.10. The molecule has 0 aromatic heterocycles. The fraction of sp³-hybridized carbons (Fsp3) is 0.467. The summed E-state index contributed by atoms with van der Waals surface area (Å²) < 4.78 is 27.2. The van der Waals surface area contributed by atoms with Gasteiger partial charge in [0.2, 0.25) is 9.84 Å². The van der Waals surface area contributed by atoms with Gasteiger partial charge >= 0.3 is 0 Å². The maximum Gasteiger partial charge on any atom is 0.201 e. The molecule has 0 aliphatic heterocycles. The smallest absolute Gasteiger partial charge is 0.201 e. The van der Waals surface area contributed by atoms with E-state index in [-0.39, 0.29) is 0 Å². The summed E-state index contributed by atoms with van der Waals surface area (Å²) in [6.07, 6.45) is 1.81. The summed E-state index contributed by atoms with van der Waals surface area (Å²) in [5.41, 5.74) is 1.06. The van der Waals surface area contributed by atoms with Crippen molar-refractivity contribution in [3.8, 4) is 0 Å². The van der Waals surface area contributed by atoms with Gasteiger partial charge in [-0.25, -0.2) is 8.42 Å². The lowest BCUT2D eigenvalue weighted by Gasteiger charge is -2.43. The summed E-state index contributed by atoms with van der Waals surface area (Å²) in [6.45, 7) is 15.4. The van der Waals surface area contributed by atoms with Crippen LogP contribution in [0.5, 0.6) is 0 Å². The highest BCUT2D eigenvalue weighted by Crippen LogP contribution is 2.21. The molecule has 21 heavy (non-hydrogen) atoms. The molecule has 0 unspecified atom stereocenters. The fourth-order valence-electron chi connectivity index (χ4n) is 2.40. The molecule has 6 heteroatoms. The van der Waals surface area contributed by atoms with E-state index in [1.54, 1.807) is 12.1 Å². The lowest BCUT2D eigenvalue weighted by molar-refractivity contribution is 0.604. The van der Waals surface area contributed by atoms with E-state index in [4.69, 9.17) is 0 Å². The van der Waals surface area contributed by atoms with Crippen LogP contribution in [0.15, 0.2) is 40.8 Å². The van der Waals surface area contributed by atoms with E-state index >= 15 is 0 Å². The Morgan fingerprint density at radius 1 is 0.905 bits per heavy atom. The quantitative estimate of drug-likeness (QED) is 0.753. The molecule has 1 aromatic carbocycles. The standard InChI is InChI=1S/C15H27NO2SSi2/c1-14-8-10-15(11-9-14)19(17,18)13-12-16(20(2,3)4)21(5,6)7/h8-13H,1-7H3/b13-12+. The summed E-state index contributed by atoms with van der Waals surface area (Å²) in [5, 5.41) is 1.37. The van der Waals surface area contributed by atoms with Gasteiger partial charge in [-0.2, -0.15) is 0 Å². The zero-order chi connectivity index (χ0) is 16.5. The SMILES string of the molecule is Cc1ccc(S(=O)(=O)/C=C/N([Si](C)(C)C)[Si](C)(C)C)cc1. The van der Waals surface area contributed by atoms with Crippen molar-refractivity contribution >= 4 is 26.3 Å². The predicted molar refractivity (Wildman–Crippen MR) is 96.0 cm³/mol. The topological polar surface area (TPSA) is 37.4 Å². The molecule has 0 amide bonds. The number of rotatable bonds is 5. The van der Waals surface area contributed by atoms with Crippen LogP contribution in [0.4, 0.5) is 0 Å². The molecule has 118 valence electrons. The van der Waals surface area contributed by atoms with Gasteiger partial charge in [-0.05, 0) is 25.3 Å². The molecular weight excluding hydrogens is 314 g/mol. The van der Waals surface area contributed by atoms with Gasteiger partial charge in [0, 0.05) is 5.41 Å². The first-order valence-corrected chi connectivity index (χ1v) is 15.6. The van der Waals surface area contributed by atoms with E-state index < -0.39 is 26.3 Å². The van der Waals surface area contributed by atoms with Crippen molar-refractivity contribution in [2.45, 2.75) is 51.1 Å². The van der Waals surface area contributed by atoms with Gasteiger partial charge in [-0.3, -0.25) is 0 Å². The molecule has 0 aliphatic rings. The minimum Gasteiger partial charge on any atom is -0.430 e. The molecule has 0 heterocycles. The van der Waals surface area contributed by atoms with Crippen molar-refractivity contribution < 1.29 is 8.42 Å². The highest BCUT2D eigenvalue weighted by molar-refractivity contribution is 7.94. The second-order valence-electron chi connectivity index (χ2n) is 7.35. The van der Waals surface area contributed by atoms with E-state index in [1.807, 2.05) is 25.3 Å². The van der Waals surface area contributed by atoms with Gasteiger partial charge in [-0.1, -0.05) is 57.0 Å². The molecule has 0 N–H and O–H groups in total. The van der Waals surface area contributed by atoms with Gasteiger partial charge in [0.25, 0.3) is 0 Å². The first kappa shape index (κ1) is 18.2. The van der Waals surface area contributed by atoms with E-state index in [0.29, 0.717) is 4.90 Å². The molecule has 0 aliphatic carbocycles. The van der Waals surface area contributed by atoms with Crippen LogP contribution in [0.25, 0.3) is 0 Å². The molecule has 0 saturated heterocycles. The van der Waals surface area contributed by atoms with Crippen LogP contribution in [0.2, 0.25) is 39.3 Å². The monoisotopic (exact) mass is 341 g/mol. The van der Waals surface area contributed by atoms with E-state index in [0.717, 1.165) is 5.56 Å². The summed E-state index contributed by atoms with van der Waals surface area (Å²) in [5.74, 6) is 0. The number of nitrogens with zero attached hydrogens (tertiary/aromatic N) is 1. The van der Waals surface area contributed by atoms with Crippen LogP contribution >= 0.6 is 0 Å². The van der Waals surface area contributed by atoms with Crippen molar-refractivity contribution in [3.63, 3.8) is 0 Å². The minimum atomic E-state index is -3.37. The Balaban J connectivity index is 3.14. The second-order valence-corrected chi connectivity index (χ2v) is 19.3. The summed E-state index contributed by atoms with van der Waals surface area (Å²) in [4.78, 5) is 0.357. The molecule has 3 nitrogen and oxygen atoms in total. The molecule has 1 rings (SSSR count). The third-order valence-corrected chi connectivity index (χ3v) is 11.8. The van der Waals surface area contributed by atoms with Gasteiger partial charge in [0.05, 0.1) is 4.90 Å². The Morgan fingerprint density at radius 3 is 1.71 bits per heavy atom. The first-order chi connectivity index (χ1) is 9.34. The van der Waals surface area contributed by atoms with Gasteiger partial charge in [-0.15, -0.1) is 0 Å². The third-order valence-electron chi connectivity index (χ3n) is 3.18. The van der Waals surface area contributed by atoms with Crippen LogP contribution in [-0.4, -0.2) is 29.1 Å². The van der Waals surface area contributed by atoms with Crippen LogP contribution in [0, 0.1) is 6.92 Å². The summed E-state index contributed by atoms with van der Waals surface area (Å²) >= 11 is 0. The Labute approximate surface area is 131 Å². The number of aryl methyl sites for hydroxylation is 1. The van der Waals surface area contributed by atoms with Crippen molar-refractivity contribution in [1.29, 1.82) is 0 Å². The summed E-state index contributed by atoms with van der Waals surface area (Å²) in [6, 6.07) is 7.00. The van der Waals surface area contributed by atoms with Crippen LogP contribution in [0.1, 0.15) is 5.56 Å². The van der Waals surface area contributed by atoms with Gasteiger partial charge in [0.1, 0.15) is 16.5 Å². The maximum atomic E-state index is 12.4. The number of hydrogen-bond acceptors (Lipinski definition) is 3. The first-order valence-electron chi connectivity index (χ1n) is 7.13. The normalized spacial score (nSPS) is 13.7. The molecule has 0 bridgehead atoms. The Morgan fingerprint density at radius 2 is 1.33 bits per heavy atom. The largest absolute Gasteiger partial charge is 0.430 e. The van der Waals surface area contributed by atoms with Crippen molar-refractivity contribution in [2.24, 2.45) is 0 Å². The van der Waals surface area contributed by atoms with Gasteiger partial charge in [0.15, 0.2) is 0 Å². The molecule has 0 saturated carbocycles. The van der Waals surface area contributed by atoms with E-state index in [2.05, 4.69) is 43.5 Å². The molecule has 0 atom stereocenters. The minimum absolute atomic E-state index is 0.357. The zero-order valence-corrected chi connectivity index (χ0v) is 17.0. The number of benzene rings is 1. The molecule has 0 spiro atoms. The van der Waals surface area contributed by atoms with Crippen molar-refractivity contribution in [2.75, 3.05) is 0 Å². The Kier molecular flexibility index (Phi) is 5.28. The highest BCUT2D eigenvalue weighted by Gasteiger charge is 2.32. The maximum absolute atomic E-state index is 12.4. The fourth-order valence-corrected chi connectivity index (χ4v) is 12.7. The average molecular weight is 342 g/mol. The number of sulfone groups is 1. The average Bonchev–Trinajstić information content (AvgIpc) is 2.25. The third kappa shape index (κ3) is 5.12. The highest BCUT2D eigenvalue weighted by atomic mass is 32.2. The van der Waals surface area contributed by atoms with E-state index in [1.165, 1.54) is 5.41 Å². The molecule has 1 aromatic rings. The van der Waals surface area contributed by atoms with E-state index in [9.17, 15) is 8.42 Å². The predicted octanol–water partition coefficient (Wildman–Crippen LogP) is 4.21. The lowest BCUT2D eigenvalue weighted by atomic mass is 10.2. The lowest BCUT2D eigenvalue weighted by Crippen LogP contribution is -2.55. The van der Waals surface area contributed by atoms with Gasteiger partial charge < -0.3 is 4.23 Å². The van der Waals surface area contributed by atoms with Crippen molar-refractivity contribution in [3.05, 3.63) is 41.4 Å². The molecule has 0 radical (unpaired) electrons. The molecular formula is C15H27NO2SSi2. The molecule has 0 fully saturated rings. The van der Waals surface area contributed by atoms with Crippen LogP contribution in [0.3, 0.4) is 0 Å².